The number of anilines is 4. The number of carbonyl (C=O) groups excluding carboxylic acids is 1. The molecule has 180 valence electrons. The largest absolute Gasteiger partial charge is 0.394 e. The molecule has 2 saturated heterocycles. The van der Waals surface area contributed by atoms with E-state index in [1.165, 1.54) is 6.92 Å². The zero-order chi connectivity index (χ0) is 22.8. The quantitative estimate of drug-likeness (QED) is 0.354. The molecule has 4 rings (SSSR count). The molecule has 1 aromatic carbocycles. The summed E-state index contributed by atoms with van der Waals surface area (Å²) in [6.07, 6.45) is 1.40. The number of rotatable bonds is 6. The van der Waals surface area contributed by atoms with Crippen LogP contribution in [0.1, 0.15) is 30.1 Å². The Morgan fingerprint density at radius 2 is 1.61 bits per heavy atom. The molecule has 0 aliphatic carbocycles. The summed E-state index contributed by atoms with van der Waals surface area (Å²) in [5.41, 5.74) is 19.9. The Balaban J connectivity index is 0.00000306. The summed E-state index contributed by atoms with van der Waals surface area (Å²) >= 11 is 0. The average Bonchev–Trinajstić information content (AvgIpc) is 3.14. The van der Waals surface area contributed by atoms with Gasteiger partial charge >= 0.3 is 0 Å². The summed E-state index contributed by atoms with van der Waals surface area (Å²) in [6, 6.07) is 6.73. The van der Waals surface area contributed by atoms with Gasteiger partial charge in [-0.25, -0.2) is 0 Å². The van der Waals surface area contributed by atoms with Gasteiger partial charge in [-0.15, -0.1) is 12.4 Å². The summed E-state index contributed by atoms with van der Waals surface area (Å²) in [5.74, 6) is 1.27. The number of aliphatic hydroxyl groups is 1. The van der Waals surface area contributed by atoms with Crippen LogP contribution in [0.4, 0.5) is 23.5 Å². The van der Waals surface area contributed by atoms with E-state index in [4.69, 9.17) is 17.2 Å². The van der Waals surface area contributed by atoms with Gasteiger partial charge in [0.15, 0.2) is 5.78 Å². The van der Waals surface area contributed by atoms with Crippen molar-refractivity contribution >= 4 is 41.7 Å². The SMILES string of the molecule is CC(=O)c1ccc(Nc2nc(N3C[C@H](N)C[C@H](N)C3)nc(N3C[C@@H](N)C[C@H]3CO)n2)cc1.Cl. The van der Waals surface area contributed by atoms with Crippen LogP contribution >= 0.6 is 12.4 Å². The Morgan fingerprint density at radius 3 is 2.21 bits per heavy atom. The van der Waals surface area contributed by atoms with Gasteiger partial charge in [-0.1, -0.05) is 0 Å². The molecule has 0 bridgehead atoms. The van der Waals surface area contributed by atoms with Crippen molar-refractivity contribution in [1.29, 1.82) is 0 Å². The summed E-state index contributed by atoms with van der Waals surface area (Å²) in [7, 11) is 0. The topological polar surface area (TPSA) is 173 Å². The number of benzene rings is 1. The van der Waals surface area contributed by atoms with Gasteiger partial charge in [0.1, 0.15) is 0 Å². The molecule has 0 saturated carbocycles. The Labute approximate surface area is 199 Å². The summed E-state index contributed by atoms with van der Waals surface area (Å²) < 4.78 is 0. The van der Waals surface area contributed by atoms with Crippen molar-refractivity contribution in [3.05, 3.63) is 29.8 Å². The lowest BCUT2D eigenvalue weighted by atomic mass is 10.0. The number of Topliss-reactive ketones (excluding diaryl/α,β-unsaturated/α-hetero) is 1. The third-order valence-electron chi connectivity index (χ3n) is 5.87. The molecule has 11 nitrogen and oxygen atoms in total. The molecular weight excluding hydrogens is 446 g/mol. The highest BCUT2D eigenvalue weighted by atomic mass is 35.5. The van der Waals surface area contributed by atoms with E-state index in [-0.39, 0.29) is 49.0 Å². The van der Waals surface area contributed by atoms with Crippen molar-refractivity contribution in [3.63, 3.8) is 0 Å². The van der Waals surface area contributed by atoms with Crippen molar-refractivity contribution < 1.29 is 9.90 Å². The molecule has 3 heterocycles. The van der Waals surface area contributed by atoms with E-state index in [9.17, 15) is 9.90 Å². The standard InChI is InChI=1S/C21H31N9O2.ClH/c1-12(32)13-2-4-17(5-3-13)25-19-26-20(29-8-14(22)6-15(23)9-29)28-21(27-19)30-10-16(24)7-18(30)11-31;/h2-5,14-16,18,31H,6-11,22-24H2,1H3,(H,25,26,27,28);1H/t14-,15+,16-,18-;/m0./s1. The molecule has 4 atom stereocenters. The van der Waals surface area contributed by atoms with Crippen LogP contribution in [0, 0.1) is 0 Å². The van der Waals surface area contributed by atoms with E-state index in [2.05, 4.69) is 20.3 Å². The van der Waals surface area contributed by atoms with Crippen LogP contribution < -0.4 is 32.3 Å². The highest BCUT2D eigenvalue weighted by molar-refractivity contribution is 5.94. The molecular formula is C21H32ClN9O2. The zero-order valence-electron chi connectivity index (χ0n) is 18.6. The van der Waals surface area contributed by atoms with Crippen molar-refractivity contribution in [2.45, 2.75) is 43.9 Å². The smallest absolute Gasteiger partial charge is 0.233 e. The van der Waals surface area contributed by atoms with Gasteiger partial charge in [-0.05, 0) is 44.0 Å². The molecule has 0 unspecified atom stereocenters. The molecule has 0 amide bonds. The monoisotopic (exact) mass is 477 g/mol. The molecule has 12 heteroatoms. The fourth-order valence-electron chi connectivity index (χ4n) is 4.31. The Morgan fingerprint density at radius 1 is 1.00 bits per heavy atom. The number of halogens is 1. The van der Waals surface area contributed by atoms with Crippen molar-refractivity contribution in [3.8, 4) is 0 Å². The van der Waals surface area contributed by atoms with Crippen molar-refractivity contribution in [2.24, 2.45) is 17.2 Å². The molecule has 2 fully saturated rings. The summed E-state index contributed by atoms with van der Waals surface area (Å²) in [4.78, 5) is 29.3. The highest BCUT2D eigenvalue weighted by Crippen LogP contribution is 2.26. The van der Waals surface area contributed by atoms with Crippen LogP contribution in [-0.4, -0.2) is 76.3 Å². The number of piperidine rings is 1. The van der Waals surface area contributed by atoms with Crippen LogP contribution in [0.2, 0.25) is 0 Å². The number of carbonyl (C=O) groups is 1. The summed E-state index contributed by atoms with van der Waals surface area (Å²) in [6.45, 7) is 3.21. The van der Waals surface area contributed by atoms with E-state index in [0.717, 1.165) is 12.1 Å². The van der Waals surface area contributed by atoms with Gasteiger partial charge in [0.05, 0.1) is 12.6 Å². The lowest BCUT2D eigenvalue weighted by Crippen LogP contribution is -2.53. The Bertz CT molecular complexity index is 951. The predicted octanol–water partition coefficient (Wildman–Crippen LogP) is 0.00260. The van der Waals surface area contributed by atoms with Crippen LogP contribution in [0.5, 0.6) is 0 Å². The first-order chi connectivity index (χ1) is 15.3. The maximum Gasteiger partial charge on any atom is 0.233 e. The van der Waals surface area contributed by atoms with Gasteiger partial charge in [0.25, 0.3) is 0 Å². The second-order valence-electron chi connectivity index (χ2n) is 8.66. The number of nitrogens with zero attached hydrogens (tertiary/aromatic N) is 5. The fourth-order valence-corrected chi connectivity index (χ4v) is 4.31. The van der Waals surface area contributed by atoms with Crippen LogP contribution in [0.3, 0.4) is 0 Å². The number of nitrogens with two attached hydrogens (primary N) is 3. The number of ketones is 1. The van der Waals surface area contributed by atoms with Gasteiger partial charge in [0.2, 0.25) is 17.8 Å². The number of aromatic nitrogens is 3. The fraction of sp³-hybridized carbons (Fsp3) is 0.524. The molecule has 2 aliphatic rings. The lowest BCUT2D eigenvalue weighted by molar-refractivity contribution is 0.101. The molecule has 2 aromatic rings. The van der Waals surface area contributed by atoms with Gasteiger partial charge in [-0.3, -0.25) is 4.79 Å². The van der Waals surface area contributed by atoms with E-state index < -0.39 is 0 Å². The minimum atomic E-state index is -0.159. The normalized spacial score (nSPS) is 25.0. The summed E-state index contributed by atoms with van der Waals surface area (Å²) in [5, 5.41) is 13.0. The third-order valence-corrected chi connectivity index (χ3v) is 5.87. The van der Waals surface area contributed by atoms with Crippen molar-refractivity contribution in [2.75, 3.05) is 41.4 Å². The number of hydrogen-bond donors (Lipinski definition) is 5. The molecule has 1 aromatic heterocycles. The van der Waals surface area contributed by atoms with Gasteiger partial charge < -0.3 is 37.4 Å². The van der Waals surface area contributed by atoms with Crippen LogP contribution in [0.15, 0.2) is 24.3 Å². The molecule has 33 heavy (non-hydrogen) atoms. The molecule has 0 radical (unpaired) electrons. The first-order valence-electron chi connectivity index (χ1n) is 10.9. The number of aliphatic hydroxyl groups excluding tert-OH is 1. The predicted molar refractivity (Wildman–Crippen MR) is 130 cm³/mol. The van der Waals surface area contributed by atoms with E-state index in [1.807, 2.05) is 9.80 Å². The van der Waals surface area contributed by atoms with E-state index >= 15 is 0 Å². The Hall–Kier alpha value is -2.57. The average molecular weight is 478 g/mol. The minimum absolute atomic E-state index is 0. The molecule has 2 aliphatic heterocycles. The first-order valence-corrected chi connectivity index (χ1v) is 10.9. The van der Waals surface area contributed by atoms with Crippen molar-refractivity contribution in [1.82, 2.24) is 15.0 Å². The molecule has 0 spiro atoms. The maximum absolute atomic E-state index is 11.5. The first kappa shape index (κ1) is 25.1. The van der Waals surface area contributed by atoms with Gasteiger partial charge in [-0.2, -0.15) is 15.0 Å². The second-order valence-corrected chi connectivity index (χ2v) is 8.66. The zero-order valence-corrected chi connectivity index (χ0v) is 19.4. The van der Waals surface area contributed by atoms with Crippen LogP contribution in [0.25, 0.3) is 0 Å². The number of nitrogens with one attached hydrogen (secondary N) is 1. The third kappa shape index (κ3) is 5.87. The van der Waals surface area contributed by atoms with Gasteiger partial charge in [0, 0.05) is 49.0 Å². The lowest BCUT2D eigenvalue weighted by Gasteiger charge is -2.35. The Kier molecular flexibility index (Phi) is 8.03. The van der Waals surface area contributed by atoms with E-state index in [0.29, 0.717) is 49.5 Å². The number of hydrogen-bond acceptors (Lipinski definition) is 11. The maximum atomic E-state index is 11.5. The highest BCUT2D eigenvalue weighted by Gasteiger charge is 2.33. The van der Waals surface area contributed by atoms with Crippen LogP contribution in [-0.2, 0) is 0 Å². The minimum Gasteiger partial charge on any atom is -0.394 e. The second kappa shape index (κ2) is 10.6. The molecule has 8 N–H and O–H groups in total. The van der Waals surface area contributed by atoms with E-state index in [1.54, 1.807) is 24.3 Å².